The number of aromatic nitrogens is 2. The molecule has 2 heterocycles. The highest BCUT2D eigenvalue weighted by Crippen LogP contribution is 2.19. The van der Waals surface area contributed by atoms with E-state index in [1.807, 2.05) is 0 Å². The van der Waals surface area contributed by atoms with Crippen molar-refractivity contribution in [2.75, 3.05) is 6.54 Å². The zero-order valence-electron chi connectivity index (χ0n) is 7.07. The molecule has 0 atom stereocenters. The van der Waals surface area contributed by atoms with Gasteiger partial charge >= 0.3 is 0 Å². The fourth-order valence-electron chi connectivity index (χ4n) is 1.27. The van der Waals surface area contributed by atoms with Gasteiger partial charge in [-0.05, 0) is 18.0 Å². The second-order valence-electron chi connectivity index (χ2n) is 2.81. The molecule has 1 aliphatic rings. The highest BCUT2D eigenvalue weighted by molar-refractivity contribution is 7.17. The number of imide groups is 1. The number of hydrogen-bond acceptors (Lipinski definition) is 5. The van der Waals surface area contributed by atoms with Crippen LogP contribution in [0.1, 0.15) is 22.6 Å². The van der Waals surface area contributed by atoms with Crippen LogP contribution in [0.2, 0.25) is 4.47 Å². The third kappa shape index (κ3) is 1.62. The largest absolute Gasteiger partial charge is 0.291 e. The van der Waals surface area contributed by atoms with Gasteiger partial charge in [-0.2, -0.15) is 0 Å². The van der Waals surface area contributed by atoms with Crippen molar-refractivity contribution in [2.45, 2.75) is 12.8 Å². The number of rotatable bonds is 1. The third-order valence-electron chi connectivity index (χ3n) is 1.90. The van der Waals surface area contributed by atoms with Crippen LogP contribution >= 0.6 is 22.9 Å². The molecule has 2 amide bonds. The summed E-state index contributed by atoms with van der Waals surface area (Å²) < 4.78 is 0.208. The molecule has 0 spiro atoms. The Kier molecular flexibility index (Phi) is 2.47. The lowest BCUT2D eigenvalue weighted by atomic mass is 10.4. The van der Waals surface area contributed by atoms with Crippen molar-refractivity contribution in [3.05, 3.63) is 9.47 Å². The van der Waals surface area contributed by atoms with Gasteiger partial charge in [0.1, 0.15) is 0 Å². The Bertz CT molecular complexity index is 392. The van der Waals surface area contributed by atoms with Crippen LogP contribution in [-0.4, -0.2) is 33.5 Å². The average molecular weight is 232 g/mol. The molecular formula is C7H6ClN3O2S. The SMILES string of the molecule is O=C1CCCN1C(=O)c1nnc(Cl)s1. The lowest BCUT2D eigenvalue weighted by Gasteiger charge is -2.09. The van der Waals surface area contributed by atoms with Crippen LogP contribution in [0, 0.1) is 0 Å². The first-order valence-electron chi connectivity index (χ1n) is 4.02. The molecule has 0 aromatic carbocycles. The fraction of sp³-hybridized carbons (Fsp3) is 0.429. The Morgan fingerprint density at radius 2 is 2.29 bits per heavy atom. The van der Waals surface area contributed by atoms with Gasteiger partial charge in [0.25, 0.3) is 5.91 Å². The van der Waals surface area contributed by atoms with E-state index in [1.54, 1.807) is 0 Å². The predicted molar refractivity (Wildman–Crippen MR) is 50.2 cm³/mol. The maximum atomic E-state index is 11.6. The van der Waals surface area contributed by atoms with Crippen molar-refractivity contribution in [1.29, 1.82) is 0 Å². The normalized spacial score (nSPS) is 16.4. The second-order valence-corrected chi connectivity index (χ2v) is 4.37. The summed E-state index contributed by atoms with van der Waals surface area (Å²) in [7, 11) is 0. The second kappa shape index (κ2) is 3.62. The molecule has 1 aliphatic heterocycles. The summed E-state index contributed by atoms with van der Waals surface area (Å²) in [5.41, 5.74) is 0. The number of nitrogens with zero attached hydrogens (tertiary/aromatic N) is 3. The first-order valence-corrected chi connectivity index (χ1v) is 5.21. The van der Waals surface area contributed by atoms with Gasteiger partial charge in [0.2, 0.25) is 15.4 Å². The van der Waals surface area contributed by atoms with E-state index in [0.717, 1.165) is 17.8 Å². The third-order valence-corrected chi connectivity index (χ3v) is 2.91. The lowest BCUT2D eigenvalue weighted by molar-refractivity contribution is -0.125. The molecule has 0 unspecified atom stereocenters. The minimum absolute atomic E-state index is 0.152. The predicted octanol–water partition coefficient (Wildman–Crippen LogP) is 0.954. The highest BCUT2D eigenvalue weighted by Gasteiger charge is 2.29. The van der Waals surface area contributed by atoms with Gasteiger partial charge in [-0.1, -0.05) is 11.3 Å². The van der Waals surface area contributed by atoms with Gasteiger partial charge < -0.3 is 0 Å². The van der Waals surface area contributed by atoms with E-state index >= 15 is 0 Å². The van der Waals surface area contributed by atoms with Crippen LogP contribution in [0.3, 0.4) is 0 Å². The molecular weight excluding hydrogens is 226 g/mol. The first-order chi connectivity index (χ1) is 6.68. The number of hydrogen-bond donors (Lipinski definition) is 0. The summed E-state index contributed by atoms with van der Waals surface area (Å²) in [6.07, 6.45) is 1.15. The molecule has 5 nitrogen and oxygen atoms in total. The van der Waals surface area contributed by atoms with Gasteiger partial charge in [-0.15, -0.1) is 10.2 Å². The fourth-order valence-corrected chi connectivity index (χ4v) is 2.05. The average Bonchev–Trinajstić information content (AvgIpc) is 2.73. The highest BCUT2D eigenvalue weighted by atomic mass is 35.5. The van der Waals surface area contributed by atoms with Gasteiger partial charge in [0, 0.05) is 13.0 Å². The molecule has 2 rings (SSSR count). The molecule has 0 N–H and O–H groups in total. The molecule has 14 heavy (non-hydrogen) atoms. The summed E-state index contributed by atoms with van der Waals surface area (Å²) in [5, 5.41) is 7.27. The monoisotopic (exact) mass is 231 g/mol. The van der Waals surface area contributed by atoms with E-state index in [2.05, 4.69) is 10.2 Å². The minimum Gasteiger partial charge on any atom is -0.276 e. The Hall–Kier alpha value is -1.01. The molecule has 1 aromatic rings. The van der Waals surface area contributed by atoms with Crippen molar-refractivity contribution in [3.8, 4) is 0 Å². The maximum absolute atomic E-state index is 11.6. The Labute approximate surface area is 88.7 Å². The number of halogens is 1. The smallest absolute Gasteiger partial charge is 0.276 e. The topological polar surface area (TPSA) is 63.2 Å². The standard InChI is InChI=1S/C7H6ClN3O2S/c8-7-10-9-5(14-7)6(13)11-3-1-2-4(11)12/h1-3H2. The van der Waals surface area contributed by atoms with Crippen LogP contribution in [0.4, 0.5) is 0 Å². The van der Waals surface area contributed by atoms with Crippen molar-refractivity contribution >= 4 is 34.8 Å². The molecule has 0 radical (unpaired) electrons. The number of amides is 2. The van der Waals surface area contributed by atoms with Crippen molar-refractivity contribution < 1.29 is 9.59 Å². The van der Waals surface area contributed by atoms with E-state index in [1.165, 1.54) is 4.90 Å². The summed E-state index contributed by atoms with van der Waals surface area (Å²) in [4.78, 5) is 24.0. The molecule has 1 fully saturated rings. The van der Waals surface area contributed by atoms with E-state index < -0.39 is 5.91 Å². The first kappa shape index (κ1) is 9.54. The molecule has 0 aliphatic carbocycles. The quantitative estimate of drug-likeness (QED) is 0.676. The maximum Gasteiger partial charge on any atom is 0.291 e. The molecule has 0 bridgehead atoms. The van der Waals surface area contributed by atoms with Gasteiger partial charge in [0.05, 0.1) is 0 Å². The van der Waals surface area contributed by atoms with Crippen LogP contribution in [0.25, 0.3) is 0 Å². The number of carbonyl (C=O) groups is 2. The number of likely N-dealkylation sites (tertiary alicyclic amines) is 1. The molecule has 1 saturated heterocycles. The number of carbonyl (C=O) groups excluding carboxylic acids is 2. The van der Waals surface area contributed by atoms with Crippen molar-refractivity contribution in [3.63, 3.8) is 0 Å². The van der Waals surface area contributed by atoms with Gasteiger partial charge in [-0.25, -0.2) is 0 Å². The van der Waals surface area contributed by atoms with E-state index in [-0.39, 0.29) is 15.4 Å². The summed E-state index contributed by atoms with van der Waals surface area (Å²) in [6, 6.07) is 0. The Morgan fingerprint density at radius 3 is 2.79 bits per heavy atom. The molecule has 0 saturated carbocycles. The van der Waals surface area contributed by atoms with E-state index in [9.17, 15) is 9.59 Å². The molecule has 7 heteroatoms. The summed E-state index contributed by atoms with van der Waals surface area (Å²) >= 11 is 6.52. The van der Waals surface area contributed by atoms with Gasteiger partial charge in [-0.3, -0.25) is 14.5 Å². The van der Waals surface area contributed by atoms with Crippen molar-refractivity contribution in [2.24, 2.45) is 0 Å². The zero-order valence-corrected chi connectivity index (χ0v) is 8.64. The zero-order chi connectivity index (χ0) is 10.1. The molecule has 1 aromatic heterocycles. The Balaban J connectivity index is 2.19. The molecule has 74 valence electrons. The van der Waals surface area contributed by atoms with Crippen LogP contribution < -0.4 is 0 Å². The lowest BCUT2D eigenvalue weighted by Crippen LogP contribution is -2.31. The van der Waals surface area contributed by atoms with Crippen LogP contribution in [0.15, 0.2) is 0 Å². The van der Waals surface area contributed by atoms with Crippen LogP contribution in [0.5, 0.6) is 0 Å². The van der Waals surface area contributed by atoms with Crippen molar-refractivity contribution in [1.82, 2.24) is 15.1 Å². The minimum atomic E-state index is -0.392. The van der Waals surface area contributed by atoms with E-state index in [0.29, 0.717) is 13.0 Å². The van der Waals surface area contributed by atoms with Gasteiger partial charge in [0.15, 0.2) is 0 Å². The summed E-state index contributed by atoms with van der Waals surface area (Å²) in [5.74, 6) is -0.543. The Morgan fingerprint density at radius 1 is 1.50 bits per heavy atom. The van der Waals surface area contributed by atoms with Crippen LogP contribution in [-0.2, 0) is 4.79 Å². The van der Waals surface area contributed by atoms with E-state index in [4.69, 9.17) is 11.6 Å². The summed E-state index contributed by atoms with van der Waals surface area (Å²) in [6.45, 7) is 0.467.